The van der Waals surface area contributed by atoms with E-state index in [1.54, 1.807) is 0 Å². The van der Waals surface area contributed by atoms with Crippen LogP contribution in [0.3, 0.4) is 0 Å². The third kappa shape index (κ3) is 3.40. The quantitative estimate of drug-likeness (QED) is 0.682. The van der Waals surface area contributed by atoms with Crippen LogP contribution in [0.2, 0.25) is 0 Å². The van der Waals surface area contributed by atoms with Gasteiger partial charge in [0.1, 0.15) is 13.2 Å². The molecule has 0 radical (unpaired) electrons. The van der Waals surface area contributed by atoms with Crippen molar-refractivity contribution in [3.8, 4) is 11.5 Å². The average Bonchev–Trinajstić information content (AvgIpc) is 2.71. The van der Waals surface area contributed by atoms with E-state index in [4.69, 9.17) is 9.47 Å². The minimum absolute atomic E-state index is 0.0238. The lowest BCUT2D eigenvalue weighted by Crippen LogP contribution is -2.31. The summed E-state index contributed by atoms with van der Waals surface area (Å²) in [4.78, 5) is 19.8. The predicted octanol–water partition coefficient (Wildman–Crippen LogP) is 4.29. The van der Waals surface area contributed by atoms with Crippen molar-refractivity contribution in [2.75, 3.05) is 19.8 Å². The number of para-hydroxylation sites is 1. The first-order chi connectivity index (χ1) is 13.6. The van der Waals surface area contributed by atoms with Crippen LogP contribution in [0.1, 0.15) is 34.1 Å². The van der Waals surface area contributed by atoms with Crippen LogP contribution >= 0.6 is 0 Å². The number of nitrogens with zero attached hydrogens (tertiary/aromatic N) is 2. The van der Waals surface area contributed by atoms with Crippen molar-refractivity contribution in [2.45, 2.75) is 27.3 Å². The lowest BCUT2D eigenvalue weighted by atomic mass is 10.1. The Morgan fingerprint density at radius 1 is 1.11 bits per heavy atom. The van der Waals surface area contributed by atoms with Crippen LogP contribution in [0.5, 0.6) is 11.5 Å². The molecule has 0 bridgehead atoms. The van der Waals surface area contributed by atoms with Crippen LogP contribution in [-0.2, 0) is 6.54 Å². The summed E-state index contributed by atoms with van der Waals surface area (Å²) in [5, 5.41) is 0.976. The van der Waals surface area contributed by atoms with Gasteiger partial charge in [0.2, 0.25) is 0 Å². The molecule has 0 N–H and O–H groups in total. The first-order valence-corrected chi connectivity index (χ1v) is 9.61. The predicted molar refractivity (Wildman–Crippen MR) is 109 cm³/mol. The molecule has 4 rings (SSSR count). The van der Waals surface area contributed by atoms with Gasteiger partial charge in [-0.25, -0.2) is 0 Å². The SMILES string of the molecule is CCN(Cc1cccc2c1OCCO2)C(=O)c1cc2ccc(C)cc2nc1C. The van der Waals surface area contributed by atoms with Gasteiger partial charge in [-0.05, 0) is 44.5 Å². The van der Waals surface area contributed by atoms with Crippen LogP contribution < -0.4 is 9.47 Å². The molecule has 0 fully saturated rings. The second-order valence-electron chi connectivity index (χ2n) is 7.08. The van der Waals surface area contributed by atoms with Crippen molar-refractivity contribution >= 4 is 16.8 Å². The normalized spacial score (nSPS) is 12.8. The first kappa shape index (κ1) is 18.3. The highest BCUT2D eigenvalue weighted by Crippen LogP contribution is 2.34. The minimum Gasteiger partial charge on any atom is -0.486 e. The summed E-state index contributed by atoms with van der Waals surface area (Å²) >= 11 is 0. The zero-order chi connectivity index (χ0) is 19.7. The molecular formula is C23H24N2O3. The van der Waals surface area contributed by atoms with E-state index >= 15 is 0 Å². The summed E-state index contributed by atoms with van der Waals surface area (Å²) in [6.07, 6.45) is 0. The number of pyridine rings is 1. The fourth-order valence-electron chi connectivity index (χ4n) is 3.55. The number of amides is 1. The van der Waals surface area contributed by atoms with Crippen molar-refractivity contribution in [3.05, 3.63) is 64.8 Å². The number of aryl methyl sites for hydroxylation is 2. The third-order valence-electron chi connectivity index (χ3n) is 5.07. The number of hydrogen-bond acceptors (Lipinski definition) is 4. The van der Waals surface area contributed by atoms with E-state index in [0.29, 0.717) is 31.9 Å². The largest absolute Gasteiger partial charge is 0.486 e. The molecule has 3 aromatic rings. The molecule has 1 aliphatic heterocycles. The highest BCUT2D eigenvalue weighted by Gasteiger charge is 2.22. The maximum absolute atomic E-state index is 13.3. The van der Waals surface area contributed by atoms with Crippen molar-refractivity contribution in [1.82, 2.24) is 9.88 Å². The molecule has 1 aromatic heterocycles. The zero-order valence-corrected chi connectivity index (χ0v) is 16.5. The summed E-state index contributed by atoms with van der Waals surface area (Å²) in [7, 11) is 0. The van der Waals surface area contributed by atoms with E-state index in [1.165, 1.54) is 0 Å². The number of hydrogen-bond donors (Lipinski definition) is 0. The molecule has 144 valence electrons. The van der Waals surface area contributed by atoms with Crippen molar-refractivity contribution in [2.24, 2.45) is 0 Å². The van der Waals surface area contributed by atoms with Gasteiger partial charge in [-0.3, -0.25) is 9.78 Å². The molecule has 5 heteroatoms. The maximum atomic E-state index is 13.3. The van der Waals surface area contributed by atoms with Crippen LogP contribution in [0.15, 0.2) is 42.5 Å². The number of aromatic nitrogens is 1. The molecule has 1 amide bonds. The van der Waals surface area contributed by atoms with Crippen molar-refractivity contribution in [1.29, 1.82) is 0 Å². The van der Waals surface area contributed by atoms with Crippen LogP contribution in [0.25, 0.3) is 10.9 Å². The second kappa shape index (κ2) is 7.50. The van der Waals surface area contributed by atoms with E-state index in [9.17, 15) is 4.79 Å². The highest BCUT2D eigenvalue weighted by atomic mass is 16.6. The van der Waals surface area contributed by atoms with Gasteiger partial charge in [0.15, 0.2) is 11.5 Å². The van der Waals surface area contributed by atoms with Gasteiger partial charge in [0.25, 0.3) is 5.91 Å². The number of fused-ring (bicyclic) bond motifs is 2. The van der Waals surface area contributed by atoms with Crippen LogP contribution in [-0.4, -0.2) is 35.5 Å². The smallest absolute Gasteiger partial charge is 0.256 e. The molecule has 2 heterocycles. The van der Waals surface area contributed by atoms with E-state index in [0.717, 1.165) is 39.2 Å². The standard InChI is InChI=1S/C23H24N2O3/c1-4-25(14-18-6-5-7-21-22(18)28-11-10-27-21)23(26)19-13-17-9-8-15(2)12-20(17)24-16(19)3/h5-9,12-13H,4,10-11,14H2,1-3H3. The van der Waals surface area contributed by atoms with Gasteiger partial charge in [-0.2, -0.15) is 0 Å². The average molecular weight is 376 g/mol. The third-order valence-corrected chi connectivity index (χ3v) is 5.07. The molecule has 0 saturated carbocycles. The maximum Gasteiger partial charge on any atom is 0.256 e. The summed E-state index contributed by atoms with van der Waals surface area (Å²) in [6, 6.07) is 13.9. The van der Waals surface area contributed by atoms with Gasteiger partial charge < -0.3 is 14.4 Å². The fourth-order valence-corrected chi connectivity index (χ4v) is 3.55. The van der Waals surface area contributed by atoms with Gasteiger partial charge in [-0.15, -0.1) is 0 Å². The Morgan fingerprint density at radius 3 is 2.75 bits per heavy atom. The summed E-state index contributed by atoms with van der Waals surface area (Å²) in [5.41, 5.74) is 4.41. The molecule has 0 atom stereocenters. The molecule has 0 aliphatic carbocycles. The lowest BCUT2D eigenvalue weighted by molar-refractivity contribution is 0.0748. The number of rotatable bonds is 4. The summed E-state index contributed by atoms with van der Waals surface area (Å²) < 4.78 is 11.5. The molecule has 0 unspecified atom stereocenters. The molecule has 5 nitrogen and oxygen atoms in total. The Kier molecular flexibility index (Phi) is 4.90. The van der Waals surface area contributed by atoms with Gasteiger partial charge in [0, 0.05) is 24.0 Å². The van der Waals surface area contributed by atoms with E-state index < -0.39 is 0 Å². The topological polar surface area (TPSA) is 51.7 Å². The Bertz CT molecular complexity index is 1050. The number of carbonyl (C=O) groups is 1. The van der Waals surface area contributed by atoms with Gasteiger partial charge >= 0.3 is 0 Å². The number of ether oxygens (including phenoxy) is 2. The zero-order valence-electron chi connectivity index (χ0n) is 16.5. The Labute approximate surface area is 164 Å². The Morgan fingerprint density at radius 2 is 1.93 bits per heavy atom. The molecule has 1 aliphatic rings. The van der Waals surface area contributed by atoms with Crippen molar-refractivity contribution < 1.29 is 14.3 Å². The Hall–Kier alpha value is -3.08. The van der Waals surface area contributed by atoms with Gasteiger partial charge in [0.05, 0.1) is 16.8 Å². The fraction of sp³-hybridized carbons (Fsp3) is 0.304. The molecule has 28 heavy (non-hydrogen) atoms. The van der Waals surface area contributed by atoms with Crippen LogP contribution in [0.4, 0.5) is 0 Å². The van der Waals surface area contributed by atoms with E-state index in [-0.39, 0.29) is 5.91 Å². The molecule has 0 spiro atoms. The monoisotopic (exact) mass is 376 g/mol. The van der Waals surface area contributed by atoms with E-state index in [1.807, 2.05) is 68.1 Å². The van der Waals surface area contributed by atoms with Crippen molar-refractivity contribution in [3.63, 3.8) is 0 Å². The molecular weight excluding hydrogens is 352 g/mol. The number of carbonyl (C=O) groups excluding carboxylic acids is 1. The van der Waals surface area contributed by atoms with E-state index in [2.05, 4.69) is 4.98 Å². The van der Waals surface area contributed by atoms with Crippen LogP contribution in [0, 0.1) is 13.8 Å². The first-order valence-electron chi connectivity index (χ1n) is 9.61. The molecule has 0 saturated heterocycles. The molecule has 2 aromatic carbocycles. The summed E-state index contributed by atoms with van der Waals surface area (Å²) in [5.74, 6) is 1.46. The Balaban J connectivity index is 1.66. The number of benzene rings is 2. The highest BCUT2D eigenvalue weighted by molar-refractivity contribution is 5.98. The minimum atomic E-state index is -0.0238. The van der Waals surface area contributed by atoms with Gasteiger partial charge in [-0.1, -0.05) is 24.3 Å². The lowest BCUT2D eigenvalue weighted by Gasteiger charge is -2.26. The second-order valence-corrected chi connectivity index (χ2v) is 7.08. The summed E-state index contributed by atoms with van der Waals surface area (Å²) in [6.45, 7) is 8.05.